The zero-order chi connectivity index (χ0) is 29.4. The number of unbranched alkanes of at least 4 members (excludes halogenated alkanes) is 1. The predicted octanol–water partition coefficient (Wildman–Crippen LogP) is 6.28. The van der Waals surface area contributed by atoms with Gasteiger partial charge in [0.1, 0.15) is 11.3 Å². The van der Waals surface area contributed by atoms with Crippen LogP contribution in [0.15, 0.2) is 48.5 Å². The summed E-state index contributed by atoms with van der Waals surface area (Å²) in [6.45, 7) is 7.79. The third-order valence-electron chi connectivity index (χ3n) is 7.30. The zero-order valence-electron chi connectivity index (χ0n) is 24.2. The average Bonchev–Trinajstić information content (AvgIpc) is 3.39. The summed E-state index contributed by atoms with van der Waals surface area (Å²) in [6, 6.07) is 15.8. The first-order valence-corrected chi connectivity index (χ1v) is 14.3. The van der Waals surface area contributed by atoms with Gasteiger partial charge in [0, 0.05) is 24.1 Å². The molecule has 41 heavy (non-hydrogen) atoms. The Labute approximate surface area is 246 Å². The molecule has 218 valence electrons. The first-order valence-electron chi connectivity index (χ1n) is 13.9. The zero-order valence-corrected chi connectivity index (χ0v) is 24.9. The molecule has 0 radical (unpaired) electrons. The highest BCUT2D eigenvalue weighted by molar-refractivity contribution is 6.32. The van der Waals surface area contributed by atoms with Gasteiger partial charge in [-0.25, -0.2) is 4.68 Å². The molecule has 0 aliphatic rings. The number of nitrogens with zero attached hydrogens (tertiary/aromatic N) is 3. The number of benzene rings is 3. The Morgan fingerprint density at radius 1 is 1.10 bits per heavy atom. The van der Waals surface area contributed by atoms with Crippen molar-refractivity contribution < 1.29 is 24.1 Å². The van der Waals surface area contributed by atoms with Crippen LogP contribution in [0.5, 0.6) is 5.75 Å². The maximum absolute atomic E-state index is 12.6. The van der Waals surface area contributed by atoms with E-state index >= 15 is 0 Å². The fraction of sp³-hybridized carbons (Fsp3) is 0.406. The van der Waals surface area contributed by atoms with Crippen molar-refractivity contribution in [2.75, 3.05) is 20.3 Å². The lowest BCUT2D eigenvalue weighted by Gasteiger charge is -2.21. The van der Waals surface area contributed by atoms with Crippen molar-refractivity contribution in [2.45, 2.75) is 65.7 Å². The molecule has 0 amide bonds. The van der Waals surface area contributed by atoms with Crippen LogP contribution in [0.25, 0.3) is 11.0 Å². The number of rotatable bonds is 14. The highest BCUT2D eigenvalue weighted by atomic mass is 35.5. The average molecular weight is 580 g/mol. The van der Waals surface area contributed by atoms with Crippen LogP contribution in [0, 0.1) is 13.8 Å². The van der Waals surface area contributed by atoms with Crippen LogP contribution in [0.2, 0.25) is 5.02 Å². The fourth-order valence-corrected chi connectivity index (χ4v) is 5.25. The molecule has 1 N–H and O–H groups in total. The van der Waals surface area contributed by atoms with E-state index in [1.165, 1.54) is 0 Å². The quantitative estimate of drug-likeness (QED) is 0.139. The number of carbonyl (C=O) groups excluding carboxylic acids is 1. The van der Waals surface area contributed by atoms with Gasteiger partial charge in [0.15, 0.2) is 0 Å². The van der Waals surface area contributed by atoms with E-state index in [1.807, 2.05) is 67.1 Å². The van der Waals surface area contributed by atoms with Crippen molar-refractivity contribution >= 4 is 28.6 Å². The Hall–Kier alpha value is -3.46. The summed E-state index contributed by atoms with van der Waals surface area (Å²) >= 11 is 6.41. The second kappa shape index (κ2) is 14.4. The molecular weight excluding hydrogens is 542 g/mol. The van der Waals surface area contributed by atoms with E-state index in [9.17, 15) is 9.90 Å². The van der Waals surface area contributed by atoms with Gasteiger partial charge in [0.25, 0.3) is 0 Å². The summed E-state index contributed by atoms with van der Waals surface area (Å²) in [4.78, 5) is 12.6. The molecule has 0 spiro atoms. The highest BCUT2D eigenvalue weighted by Gasteiger charge is 2.24. The van der Waals surface area contributed by atoms with Gasteiger partial charge in [-0.2, -0.15) is 0 Å². The molecule has 1 atom stereocenters. The summed E-state index contributed by atoms with van der Waals surface area (Å²) in [5.41, 5.74) is 7.17. The molecule has 0 bridgehead atoms. The van der Waals surface area contributed by atoms with Gasteiger partial charge >= 0.3 is 5.97 Å². The van der Waals surface area contributed by atoms with Crippen molar-refractivity contribution in [3.8, 4) is 5.75 Å². The topological polar surface area (TPSA) is 95.7 Å². The summed E-state index contributed by atoms with van der Waals surface area (Å²) < 4.78 is 18.3. The molecule has 0 fully saturated rings. The second-order valence-corrected chi connectivity index (χ2v) is 10.5. The number of hydrogen-bond donors (Lipinski definition) is 1. The lowest BCUT2D eigenvalue weighted by Crippen LogP contribution is -2.13. The Bertz CT molecular complexity index is 1470. The number of hydrogen-bond acceptors (Lipinski definition) is 7. The van der Waals surface area contributed by atoms with Gasteiger partial charge in [-0.3, -0.25) is 4.79 Å². The van der Waals surface area contributed by atoms with Crippen molar-refractivity contribution in [1.29, 1.82) is 0 Å². The number of fused-ring (bicyclic) bond motifs is 1. The van der Waals surface area contributed by atoms with Gasteiger partial charge < -0.3 is 19.3 Å². The van der Waals surface area contributed by atoms with Crippen LogP contribution in [0.1, 0.15) is 65.5 Å². The van der Waals surface area contributed by atoms with Gasteiger partial charge in [0.05, 0.1) is 38.9 Å². The van der Waals surface area contributed by atoms with Crippen LogP contribution in [0.3, 0.4) is 0 Å². The number of ether oxygens (including phenoxy) is 3. The Morgan fingerprint density at radius 2 is 1.88 bits per heavy atom. The molecule has 1 aromatic heterocycles. The molecule has 1 unspecified atom stereocenters. The number of halogens is 1. The maximum atomic E-state index is 12.6. The maximum Gasteiger partial charge on any atom is 0.306 e. The molecule has 0 aliphatic heterocycles. The molecule has 4 rings (SSSR count). The molecule has 9 heteroatoms. The van der Waals surface area contributed by atoms with Crippen molar-refractivity contribution in [3.05, 3.63) is 86.9 Å². The van der Waals surface area contributed by atoms with Crippen LogP contribution >= 0.6 is 11.6 Å². The summed E-state index contributed by atoms with van der Waals surface area (Å²) in [5.74, 6) is 0.266. The molecule has 3 aromatic carbocycles. The standard InChI is InChI=1S/C32H38ClN3O5/c1-5-41-30(38)18-28(24-16-21(2)31(33)25(17-24)19-37)27-12-13-29-32(22(27)3)34-35-36(29)14-6-7-15-40-20-23-8-10-26(39-4)11-9-23/h8-13,16-17,28,37H,5-7,14-15,18-20H2,1-4H3. The summed E-state index contributed by atoms with van der Waals surface area (Å²) in [6.07, 6.45) is 1.97. The lowest BCUT2D eigenvalue weighted by molar-refractivity contribution is -0.143. The first-order chi connectivity index (χ1) is 19.9. The summed E-state index contributed by atoms with van der Waals surface area (Å²) in [7, 11) is 1.66. The van der Waals surface area contributed by atoms with Gasteiger partial charge in [-0.15, -0.1) is 5.10 Å². The number of methoxy groups -OCH3 is 1. The fourth-order valence-electron chi connectivity index (χ4n) is 5.09. The third kappa shape index (κ3) is 7.44. The van der Waals surface area contributed by atoms with Gasteiger partial charge in [-0.05, 0) is 85.2 Å². The van der Waals surface area contributed by atoms with Crippen molar-refractivity contribution in [3.63, 3.8) is 0 Å². The third-order valence-corrected chi connectivity index (χ3v) is 7.84. The van der Waals surface area contributed by atoms with Crippen LogP contribution in [-0.4, -0.2) is 46.4 Å². The molecule has 0 saturated heterocycles. The Morgan fingerprint density at radius 3 is 2.59 bits per heavy atom. The predicted molar refractivity (Wildman–Crippen MR) is 159 cm³/mol. The number of carbonyl (C=O) groups is 1. The van der Waals surface area contributed by atoms with E-state index in [-0.39, 0.29) is 24.9 Å². The monoisotopic (exact) mass is 579 g/mol. The minimum Gasteiger partial charge on any atom is -0.497 e. The molecular formula is C32H38ClN3O5. The molecule has 8 nitrogen and oxygen atoms in total. The smallest absolute Gasteiger partial charge is 0.306 e. The van der Waals surface area contributed by atoms with Gasteiger partial charge in [-0.1, -0.05) is 47.1 Å². The van der Waals surface area contributed by atoms with E-state index in [2.05, 4.69) is 10.3 Å². The Balaban J connectivity index is 1.46. The van der Waals surface area contributed by atoms with Crippen LogP contribution in [-0.2, 0) is 34.0 Å². The normalized spacial score (nSPS) is 12.0. The Kier molecular flexibility index (Phi) is 10.7. The number of aryl methyl sites for hydroxylation is 3. The minimum absolute atomic E-state index is 0.163. The van der Waals surface area contributed by atoms with Crippen molar-refractivity contribution in [1.82, 2.24) is 15.0 Å². The SMILES string of the molecule is CCOC(=O)CC(c1cc(C)c(Cl)c(CO)c1)c1ccc2c(nnn2CCCCOCc2ccc(OC)cc2)c1C. The van der Waals surface area contributed by atoms with Crippen LogP contribution < -0.4 is 4.74 Å². The number of aliphatic hydroxyl groups is 1. The molecule has 4 aromatic rings. The van der Waals surface area contributed by atoms with Crippen LogP contribution in [0.4, 0.5) is 0 Å². The number of aliphatic hydroxyl groups excluding tert-OH is 1. The van der Waals surface area contributed by atoms with E-state index < -0.39 is 0 Å². The molecule has 0 aliphatic carbocycles. The second-order valence-electron chi connectivity index (χ2n) is 10.1. The number of esters is 1. The minimum atomic E-state index is -0.285. The summed E-state index contributed by atoms with van der Waals surface area (Å²) in [5, 5.41) is 19.3. The van der Waals surface area contributed by atoms with E-state index in [1.54, 1.807) is 14.0 Å². The largest absolute Gasteiger partial charge is 0.497 e. The van der Waals surface area contributed by atoms with E-state index in [0.29, 0.717) is 30.4 Å². The molecule has 0 saturated carbocycles. The van der Waals surface area contributed by atoms with Gasteiger partial charge in [0.2, 0.25) is 0 Å². The van der Waals surface area contributed by atoms with E-state index in [4.69, 9.17) is 25.8 Å². The number of aromatic nitrogens is 3. The molecule has 1 heterocycles. The van der Waals surface area contributed by atoms with E-state index in [0.717, 1.165) is 64.0 Å². The first kappa shape index (κ1) is 30.5. The van der Waals surface area contributed by atoms with Crippen molar-refractivity contribution in [2.24, 2.45) is 0 Å². The lowest BCUT2D eigenvalue weighted by atomic mass is 9.84. The highest BCUT2D eigenvalue weighted by Crippen LogP contribution is 2.36.